The summed E-state index contributed by atoms with van der Waals surface area (Å²) < 4.78 is 0. The van der Waals surface area contributed by atoms with E-state index in [0.29, 0.717) is 5.92 Å². The molecule has 0 bridgehead atoms. The van der Waals surface area contributed by atoms with Crippen LogP contribution in [0, 0.1) is 11.3 Å². The number of rotatable bonds is 5. The fraction of sp³-hybridized carbons (Fsp3) is 0.417. The van der Waals surface area contributed by atoms with Gasteiger partial charge in [-0.05, 0) is 54.0 Å². The second-order valence-corrected chi connectivity index (χ2v) is 8.25. The summed E-state index contributed by atoms with van der Waals surface area (Å²) in [5.74, 6) is 0.650. The molecular formula is C24H27N5O2. The lowest BCUT2D eigenvalue weighted by atomic mass is 9.85. The molecule has 7 nitrogen and oxygen atoms in total. The molecule has 2 aliphatic heterocycles. The SMILES string of the molecule is CC(=O)N1CCC(c2ccc(CC(=O)c3ncc(C#N)[nH]3)c(C3=CCCNC3)c2)CC1. The van der Waals surface area contributed by atoms with Gasteiger partial charge >= 0.3 is 0 Å². The zero-order valence-corrected chi connectivity index (χ0v) is 17.8. The molecule has 0 radical (unpaired) electrons. The van der Waals surface area contributed by atoms with E-state index in [-0.39, 0.29) is 29.6 Å². The molecule has 31 heavy (non-hydrogen) atoms. The van der Waals surface area contributed by atoms with Gasteiger partial charge in [0.15, 0.2) is 5.82 Å². The molecule has 2 N–H and O–H groups in total. The molecular weight excluding hydrogens is 390 g/mol. The zero-order valence-electron chi connectivity index (χ0n) is 17.8. The number of hydrogen-bond acceptors (Lipinski definition) is 5. The molecule has 1 amide bonds. The van der Waals surface area contributed by atoms with Crippen LogP contribution in [0.3, 0.4) is 0 Å². The van der Waals surface area contributed by atoms with Crippen LogP contribution < -0.4 is 5.32 Å². The first kappa shape index (κ1) is 21.0. The van der Waals surface area contributed by atoms with Gasteiger partial charge < -0.3 is 15.2 Å². The molecule has 3 heterocycles. The number of aromatic nitrogens is 2. The highest BCUT2D eigenvalue weighted by atomic mass is 16.2. The molecule has 2 aliphatic rings. The number of Topliss-reactive ketones (excluding diaryl/α,β-unsaturated/α-hetero) is 1. The highest BCUT2D eigenvalue weighted by Gasteiger charge is 2.24. The monoisotopic (exact) mass is 417 g/mol. The van der Waals surface area contributed by atoms with Gasteiger partial charge in [0.2, 0.25) is 11.7 Å². The highest BCUT2D eigenvalue weighted by Crippen LogP contribution is 2.32. The molecule has 160 valence electrons. The van der Waals surface area contributed by atoms with E-state index in [4.69, 9.17) is 5.26 Å². The summed E-state index contributed by atoms with van der Waals surface area (Å²) in [6.45, 7) is 4.96. The van der Waals surface area contributed by atoms with Crippen molar-refractivity contribution >= 4 is 17.3 Å². The Morgan fingerprint density at radius 1 is 1.29 bits per heavy atom. The summed E-state index contributed by atoms with van der Waals surface area (Å²) in [7, 11) is 0. The van der Waals surface area contributed by atoms with Crippen molar-refractivity contribution in [1.82, 2.24) is 20.2 Å². The molecule has 1 saturated heterocycles. The Bertz CT molecular complexity index is 1050. The van der Waals surface area contributed by atoms with Crippen LogP contribution in [0.2, 0.25) is 0 Å². The maximum absolute atomic E-state index is 12.8. The standard InChI is InChI=1S/C24H27N5O2/c1-16(30)29-9-6-17(7-10-29)18-4-5-19(22(11-18)20-3-2-8-26-14-20)12-23(31)24-27-15-21(13-25)28-24/h3-5,11,15,17,26H,2,6-10,12,14H2,1H3,(H,27,28). The number of carbonyl (C=O) groups excluding carboxylic acids is 2. The van der Waals surface area contributed by atoms with Crippen LogP contribution in [-0.2, 0) is 11.2 Å². The number of imidazole rings is 1. The predicted molar refractivity (Wildman–Crippen MR) is 117 cm³/mol. The van der Waals surface area contributed by atoms with Crippen LogP contribution in [0.25, 0.3) is 5.57 Å². The van der Waals surface area contributed by atoms with E-state index in [9.17, 15) is 9.59 Å². The fourth-order valence-corrected chi connectivity index (χ4v) is 4.45. The summed E-state index contributed by atoms with van der Waals surface area (Å²) in [4.78, 5) is 33.2. The van der Waals surface area contributed by atoms with Crippen molar-refractivity contribution in [3.8, 4) is 6.07 Å². The third kappa shape index (κ3) is 4.75. The van der Waals surface area contributed by atoms with Crippen LogP contribution in [0.4, 0.5) is 0 Å². The highest BCUT2D eigenvalue weighted by molar-refractivity contribution is 5.95. The largest absolute Gasteiger partial charge is 0.343 e. The van der Waals surface area contributed by atoms with Gasteiger partial charge in [0.25, 0.3) is 0 Å². The Kier molecular flexibility index (Phi) is 6.28. The third-order valence-electron chi connectivity index (χ3n) is 6.23. The Balaban J connectivity index is 1.59. The molecule has 1 aromatic carbocycles. The number of aromatic amines is 1. The first-order chi connectivity index (χ1) is 15.0. The van der Waals surface area contributed by atoms with Gasteiger partial charge in [-0.1, -0.05) is 24.3 Å². The van der Waals surface area contributed by atoms with Gasteiger partial charge in [-0.15, -0.1) is 0 Å². The number of likely N-dealkylation sites (tertiary alicyclic amines) is 1. The molecule has 1 aromatic heterocycles. The van der Waals surface area contributed by atoms with Crippen molar-refractivity contribution in [2.45, 2.75) is 38.5 Å². The van der Waals surface area contributed by atoms with Gasteiger partial charge in [-0.3, -0.25) is 9.59 Å². The Labute approximate surface area is 182 Å². The van der Waals surface area contributed by atoms with Crippen molar-refractivity contribution in [1.29, 1.82) is 5.26 Å². The number of nitrogens with zero attached hydrogens (tertiary/aromatic N) is 3. The number of ketones is 1. The number of piperidine rings is 1. The average molecular weight is 418 g/mol. The lowest BCUT2D eigenvalue weighted by molar-refractivity contribution is -0.129. The van der Waals surface area contributed by atoms with E-state index >= 15 is 0 Å². The van der Waals surface area contributed by atoms with E-state index in [1.165, 1.54) is 17.3 Å². The molecule has 0 aliphatic carbocycles. The maximum Gasteiger partial charge on any atom is 0.219 e. The molecule has 0 spiro atoms. The fourth-order valence-electron chi connectivity index (χ4n) is 4.45. The van der Waals surface area contributed by atoms with Crippen molar-refractivity contribution in [2.24, 2.45) is 0 Å². The van der Waals surface area contributed by atoms with Gasteiger partial charge in [0.1, 0.15) is 11.8 Å². The number of H-pyrrole nitrogens is 1. The van der Waals surface area contributed by atoms with Gasteiger partial charge in [-0.2, -0.15) is 5.26 Å². The van der Waals surface area contributed by atoms with Crippen LogP contribution in [-0.4, -0.2) is 52.7 Å². The van der Waals surface area contributed by atoms with Crippen molar-refractivity contribution in [3.63, 3.8) is 0 Å². The molecule has 2 aromatic rings. The van der Waals surface area contributed by atoms with Crippen LogP contribution in [0.15, 0.2) is 30.5 Å². The van der Waals surface area contributed by atoms with E-state index < -0.39 is 0 Å². The summed E-state index contributed by atoms with van der Waals surface area (Å²) >= 11 is 0. The lowest BCUT2D eigenvalue weighted by Gasteiger charge is -2.32. The molecule has 0 atom stereocenters. The van der Waals surface area contributed by atoms with Crippen LogP contribution in [0.1, 0.15) is 65.1 Å². The zero-order chi connectivity index (χ0) is 21.8. The second-order valence-electron chi connectivity index (χ2n) is 8.25. The molecule has 1 fully saturated rings. The average Bonchev–Trinajstić information content (AvgIpc) is 3.29. The minimum Gasteiger partial charge on any atom is -0.343 e. The lowest BCUT2D eigenvalue weighted by Crippen LogP contribution is -2.36. The predicted octanol–water partition coefficient (Wildman–Crippen LogP) is 2.81. The van der Waals surface area contributed by atoms with Crippen molar-refractivity contribution < 1.29 is 9.59 Å². The summed E-state index contributed by atoms with van der Waals surface area (Å²) in [6.07, 6.45) is 6.75. The van der Waals surface area contributed by atoms with Gasteiger partial charge in [0, 0.05) is 33.0 Å². The summed E-state index contributed by atoms with van der Waals surface area (Å²) in [6, 6.07) is 8.39. The first-order valence-electron chi connectivity index (χ1n) is 10.8. The number of benzene rings is 1. The normalized spacial score (nSPS) is 17.2. The Morgan fingerprint density at radius 3 is 2.74 bits per heavy atom. The Morgan fingerprint density at radius 2 is 2.10 bits per heavy atom. The first-order valence-corrected chi connectivity index (χ1v) is 10.8. The number of nitriles is 1. The minimum absolute atomic E-state index is 0.130. The van der Waals surface area contributed by atoms with Gasteiger partial charge in [-0.25, -0.2) is 4.98 Å². The van der Waals surface area contributed by atoms with Gasteiger partial charge in [0.05, 0.1) is 6.20 Å². The smallest absolute Gasteiger partial charge is 0.219 e. The molecule has 7 heteroatoms. The van der Waals surface area contributed by atoms with Crippen LogP contribution in [0.5, 0.6) is 0 Å². The second kappa shape index (κ2) is 9.27. The number of carbonyl (C=O) groups is 2. The maximum atomic E-state index is 12.8. The number of hydrogen-bond donors (Lipinski definition) is 2. The molecule has 4 rings (SSSR count). The quantitative estimate of drug-likeness (QED) is 0.729. The Hall–Kier alpha value is -3.24. The topological polar surface area (TPSA) is 102 Å². The summed E-state index contributed by atoms with van der Waals surface area (Å²) in [5, 5.41) is 12.4. The number of nitrogens with one attached hydrogen (secondary N) is 2. The third-order valence-corrected chi connectivity index (χ3v) is 6.23. The minimum atomic E-state index is -0.130. The summed E-state index contributed by atoms with van der Waals surface area (Å²) in [5.41, 5.74) is 4.86. The van der Waals surface area contributed by atoms with E-state index in [2.05, 4.69) is 39.6 Å². The number of amides is 1. The molecule has 0 saturated carbocycles. The van der Waals surface area contributed by atoms with Crippen LogP contribution >= 0.6 is 0 Å². The van der Waals surface area contributed by atoms with Crippen molar-refractivity contribution in [2.75, 3.05) is 26.2 Å². The van der Waals surface area contributed by atoms with E-state index in [0.717, 1.165) is 56.6 Å². The van der Waals surface area contributed by atoms with E-state index in [1.807, 2.05) is 11.0 Å². The van der Waals surface area contributed by atoms with E-state index in [1.54, 1.807) is 6.92 Å². The molecule has 0 unspecified atom stereocenters. The van der Waals surface area contributed by atoms with Crippen molar-refractivity contribution in [3.05, 3.63) is 58.7 Å².